The molecular formula is C14H17Cl2N3O2. The van der Waals surface area contributed by atoms with Gasteiger partial charge in [0.05, 0.1) is 0 Å². The minimum Gasteiger partial charge on any atom is -0.355 e. The largest absolute Gasteiger partial charge is 0.355 e. The zero-order chi connectivity index (χ0) is 14.4. The fraction of sp³-hybridized carbons (Fsp3) is 0.286. The van der Waals surface area contributed by atoms with E-state index in [2.05, 4.69) is 10.5 Å². The average Bonchev–Trinajstić information content (AvgIpc) is 2.94. The van der Waals surface area contributed by atoms with Crippen molar-refractivity contribution in [2.45, 2.75) is 12.8 Å². The SMILES string of the molecule is Cl.NCCCCNC(=O)c1cc(-c2ccc(Cl)cc2)on1. The van der Waals surface area contributed by atoms with Crippen LogP contribution in [0.25, 0.3) is 11.3 Å². The van der Waals surface area contributed by atoms with Crippen molar-refractivity contribution in [3.63, 3.8) is 0 Å². The average molecular weight is 330 g/mol. The zero-order valence-corrected chi connectivity index (χ0v) is 12.9. The van der Waals surface area contributed by atoms with Crippen molar-refractivity contribution in [1.29, 1.82) is 0 Å². The van der Waals surface area contributed by atoms with E-state index in [4.69, 9.17) is 21.9 Å². The molecule has 7 heteroatoms. The van der Waals surface area contributed by atoms with Gasteiger partial charge in [-0.1, -0.05) is 16.8 Å². The van der Waals surface area contributed by atoms with E-state index in [9.17, 15) is 4.79 Å². The maximum Gasteiger partial charge on any atom is 0.273 e. The van der Waals surface area contributed by atoms with Crippen LogP contribution < -0.4 is 11.1 Å². The van der Waals surface area contributed by atoms with Crippen molar-refractivity contribution < 1.29 is 9.32 Å². The summed E-state index contributed by atoms with van der Waals surface area (Å²) in [7, 11) is 0. The number of halogens is 2. The van der Waals surface area contributed by atoms with Crippen LogP contribution in [0, 0.1) is 0 Å². The molecule has 2 aromatic rings. The lowest BCUT2D eigenvalue weighted by molar-refractivity contribution is 0.0944. The number of carbonyl (C=O) groups excluding carboxylic acids is 1. The molecule has 0 bridgehead atoms. The molecule has 1 amide bonds. The quantitative estimate of drug-likeness (QED) is 0.798. The second-order valence-corrected chi connectivity index (χ2v) is 4.77. The van der Waals surface area contributed by atoms with Crippen LogP contribution in [0.5, 0.6) is 0 Å². The standard InChI is InChI=1S/C14H16ClN3O2.ClH/c15-11-5-3-10(4-6-11)13-9-12(18-20-13)14(19)17-8-2-1-7-16;/h3-6,9H,1-2,7-8,16H2,(H,17,19);1H. The van der Waals surface area contributed by atoms with Gasteiger partial charge in [-0.25, -0.2) is 0 Å². The van der Waals surface area contributed by atoms with Gasteiger partial charge in [-0.2, -0.15) is 0 Å². The lowest BCUT2D eigenvalue weighted by atomic mass is 10.1. The van der Waals surface area contributed by atoms with Gasteiger partial charge in [0.1, 0.15) is 0 Å². The Morgan fingerprint density at radius 3 is 2.67 bits per heavy atom. The molecule has 114 valence electrons. The normalized spacial score (nSPS) is 10.0. The van der Waals surface area contributed by atoms with E-state index in [1.54, 1.807) is 18.2 Å². The topological polar surface area (TPSA) is 81.1 Å². The number of hydrogen-bond donors (Lipinski definition) is 2. The zero-order valence-electron chi connectivity index (χ0n) is 11.3. The van der Waals surface area contributed by atoms with Crippen LogP contribution in [-0.4, -0.2) is 24.2 Å². The van der Waals surface area contributed by atoms with Crippen LogP contribution in [0.15, 0.2) is 34.9 Å². The van der Waals surface area contributed by atoms with Crippen molar-refractivity contribution >= 4 is 29.9 Å². The number of carbonyl (C=O) groups is 1. The summed E-state index contributed by atoms with van der Waals surface area (Å²) in [6.45, 7) is 1.21. The second-order valence-electron chi connectivity index (χ2n) is 4.33. The van der Waals surface area contributed by atoms with Crippen molar-refractivity contribution in [2.24, 2.45) is 5.73 Å². The minimum absolute atomic E-state index is 0. The molecule has 0 fully saturated rings. The van der Waals surface area contributed by atoms with Crippen LogP contribution in [-0.2, 0) is 0 Å². The lowest BCUT2D eigenvalue weighted by Gasteiger charge is -2.00. The number of rotatable bonds is 6. The van der Waals surface area contributed by atoms with Gasteiger partial charge >= 0.3 is 0 Å². The van der Waals surface area contributed by atoms with E-state index in [1.165, 1.54) is 0 Å². The first kappa shape index (κ1) is 17.5. The summed E-state index contributed by atoms with van der Waals surface area (Å²) in [5.74, 6) is 0.291. The molecule has 1 aromatic heterocycles. The molecule has 0 radical (unpaired) electrons. The number of nitrogens with zero attached hydrogens (tertiary/aromatic N) is 1. The van der Waals surface area contributed by atoms with Crippen LogP contribution in [0.4, 0.5) is 0 Å². The Kier molecular flexibility index (Phi) is 7.22. The molecule has 0 saturated carbocycles. The predicted molar refractivity (Wildman–Crippen MR) is 84.8 cm³/mol. The van der Waals surface area contributed by atoms with E-state index in [-0.39, 0.29) is 24.0 Å². The Bertz CT molecular complexity index is 570. The smallest absolute Gasteiger partial charge is 0.273 e. The molecular weight excluding hydrogens is 313 g/mol. The van der Waals surface area contributed by atoms with Crippen molar-refractivity contribution in [3.05, 3.63) is 41.0 Å². The molecule has 0 aliphatic heterocycles. The molecule has 5 nitrogen and oxygen atoms in total. The molecule has 0 aliphatic carbocycles. The third-order valence-corrected chi connectivity index (χ3v) is 3.04. The number of nitrogens with one attached hydrogen (secondary N) is 1. The van der Waals surface area contributed by atoms with Gasteiger partial charge in [-0.15, -0.1) is 12.4 Å². The van der Waals surface area contributed by atoms with Gasteiger partial charge < -0.3 is 15.6 Å². The summed E-state index contributed by atoms with van der Waals surface area (Å²) in [4.78, 5) is 11.8. The van der Waals surface area contributed by atoms with Crippen LogP contribution >= 0.6 is 24.0 Å². The molecule has 0 aliphatic rings. The summed E-state index contributed by atoms with van der Waals surface area (Å²) in [5.41, 5.74) is 6.48. The Morgan fingerprint density at radius 1 is 1.29 bits per heavy atom. The molecule has 0 spiro atoms. The summed E-state index contributed by atoms with van der Waals surface area (Å²) in [6.07, 6.45) is 1.74. The van der Waals surface area contributed by atoms with Gasteiger partial charge in [0.25, 0.3) is 5.91 Å². The van der Waals surface area contributed by atoms with Crippen molar-refractivity contribution in [2.75, 3.05) is 13.1 Å². The summed E-state index contributed by atoms with van der Waals surface area (Å²) in [5, 5.41) is 7.18. The molecule has 0 saturated heterocycles. The number of unbranched alkanes of at least 4 members (excludes halogenated alkanes) is 1. The highest BCUT2D eigenvalue weighted by molar-refractivity contribution is 6.30. The predicted octanol–water partition coefficient (Wildman–Crippen LogP) is 2.89. The lowest BCUT2D eigenvalue weighted by Crippen LogP contribution is -2.25. The summed E-state index contributed by atoms with van der Waals surface area (Å²) < 4.78 is 5.17. The second kappa shape index (κ2) is 8.67. The van der Waals surface area contributed by atoms with Gasteiger partial charge in [0.2, 0.25) is 0 Å². The van der Waals surface area contributed by atoms with Crippen LogP contribution in [0.3, 0.4) is 0 Å². The minimum atomic E-state index is -0.244. The Labute approximate surface area is 134 Å². The third-order valence-electron chi connectivity index (χ3n) is 2.79. The van der Waals surface area contributed by atoms with E-state index >= 15 is 0 Å². The molecule has 0 atom stereocenters. The molecule has 1 heterocycles. The molecule has 3 N–H and O–H groups in total. The van der Waals surface area contributed by atoms with Gasteiger partial charge in [-0.3, -0.25) is 4.79 Å². The Balaban J connectivity index is 0.00000220. The first-order valence-corrected chi connectivity index (χ1v) is 6.79. The van der Waals surface area contributed by atoms with E-state index < -0.39 is 0 Å². The molecule has 2 rings (SSSR count). The van der Waals surface area contributed by atoms with E-state index in [0.717, 1.165) is 18.4 Å². The highest BCUT2D eigenvalue weighted by Crippen LogP contribution is 2.22. The van der Waals surface area contributed by atoms with Gasteiger partial charge in [0, 0.05) is 23.2 Å². The number of hydrogen-bond acceptors (Lipinski definition) is 4. The van der Waals surface area contributed by atoms with Gasteiger partial charge in [-0.05, 0) is 43.7 Å². The monoisotopic (exact) mass is 329 g/mol. The molecule has 21 heavy (non-hydrogen) atoms. The number of benzene rings is 1. The first-order chi connectivity index (χ1) is 9.70. The molecule has 1 aromatic carbocycles. The maximum absolute atomic E-state index is 11.8. The Morgan fingerprint density at radius 2 is 2.00 bits per heavy atom. The number of amides is 1. The highest BCUT2D eigenvalue weighted by atomic mass is 35.5. The third kappa shape index (κ3) is 5.04. The van der Waals surface area contributed by atoms with E-state index in [1.807, 2.05) is 12.1 Å². The Hall–Kier alpha value is -1.56. The fourth-order valence-corrected chi connectivity index (χ4v) is 1.82. The highest BCUT2D eigenvalue weighted by Gasteiger charge is 2.13. The number of aromatic nitrogens is 1. The number of nitrogens with two attached hydrogens (primary N) is 1. The first-order valence-electron chi connectivity index (χ1n) is 6.41. The fourth-order valence-electron chi connectivity index (χ4n) is 1.69. The maximum atomic E-state index is 11.8. The van der Waals surface area contributed by atoms with E-state index in [0.29, 0.717) is 23.9 Å². The van der Waals surface area contributed by atoms with Gasteiger partial charge in [0.15, 0.2) is 11.5 Å². The van der Waals surface area contributed by atoms with Crippen LogP contribution in [0.1, 0.15) is 23.3 Å². The van der Waals surface area contributed by atoms with Crippen molar-refractivity contribution in [3.8, 4) is 11.3 Å². The summed E-state index contributed by atoms with van der Waals surface area (Å²) in [6, 6.07) is 8.75. The van der Waals surface area contributed by atoms with Crippen molar-refractivity contribution in [1.82, 2.24) is 10.5 Å². The summed E-state index contributed by atoms with van der Waals surface area (Å²) >= 11 is 5.82. The molecule has 0 unspecified atom stereocenters. The van der Waals surface area contributed by atoms with Crippen LogP contribution in [0.2, 0.25) is 5.02 Å².